The normalized spacial score (nSPS) is 10.5. The van der Waals surface area contributed by atoms with E-state index in [1.807, 2.05) is 6.92 Å². The summed E-state index contributed by atoms with van der Waals surface area (Å²) in [6, 6.07) is 4.20. The number of methoxy groups -OCH3 is 1. The Labute approximate surface area is 110 Å². The van der Waals surface area contributed by atoms with E-state index in [1.54, 1.807) is 6.92 Å². The van der Waals surface area contributed by atoms with Crippen molar-refractivity contribution in [2.24, 2.45) is 0 Å². The van der Waals surface area contributed by atoms with Crippen LogP contribution in [0, 0.1) is 12.7 Å². The minimum atomic E-state index is -0.579. The summed E-state index contributed by atoms with van der Waals surface area (Å²) in [5.74, 6) is -0.475. The van der Waals surface area contributed by atoms with Crippen LogP contribution in [-0.2, 0) is 4.74 Å². The molecule has 100 valence electrons. The summed E-state index contributed by atoms with van der Waals surface area (Å²) < 4.78 is 23.6. The Balaban J connectivity index is 2.75. The van der Waals surface area contributed by atoms with E-state index in [0.717, 1.165) is 0 Å². The Kier molecular flexibility index (Phi) is 3.64. The van der Waals surface area contributed by atoms with Gasteiger partial charge in [0.1, 0.15) is 11.6 Å². The van der Waals surface area contributed by atoms with E-state index in [2.05, 4.69) is 9.72 Å². The first-order chi connectivity index (χ1) is 9.06. The zero-order chi connectivity index (χ0) is 14.0. The Bertz CT molecular complexity index is 640. The van der Waals surface area contributed by atoms with Crippen molar-refractivity contribution in [3.05, 3.63) is 35.3 Å². The number of hydrogen-bond acceptors (Lipinski definition) is 4. The number of nitrogens with zero attached hydrogens (tertiary/aromatic N) is 1. The van der Waals surface area contributed by atoms with E-state index < -0.39 is 11.8 Å². The molecule has 0 radical (unpaired) electrons. The maximum absolute atomic E-state index is 13.4. The van der Waals surface area contributed by atoms with Crippen LogP contribution in [0.2, 0.25) is 0 Å². The van der Waals surface area contributed by atoms with Crippen LogP contribution in [-0.4, -0.2) is 24.7 Å². The van der Waals surface area contributed by atoms with Crippen LogP contribution < -0.4 is 4.74 Å². The quantitative estimate of drug-likeness (QED) is 0.799. The topological polar surface area (TPSA) is 48.4 Å². The Morgan fingerprint density at radius 2 is 2.11 bits per heavy atom. The van der Waals surface area contributed by atoms with Crippen molar-refractivity contribution in [3.63, 3.8) is 0 Å². The van der Waals surface area contributed by atoms with Crippen molar-refractivity contribution in [1.82, 2.24) is 4.98 Å². The van der Waals surface area contributed by atoms with Crippen molar-refractivity contribution in [2.45, 2.75) is 13.8 Å². The smallest absolute Gasteiger partial charge is 0.356 e. The zero-order valence-electron chi connectivity index (χ0n) is 11.0. The van der Waals surface area contributed by atoms with Gasteiger partial charge in [0.05, 0.1) is 19.2 Å². The highest BCUT2D eigenvalue weighted by atomic mass is 19.1. The van der Waals surface area contributed by atoms with E-state index in [-0.39, 0.29) is 5.69 Å². The summed E-state index contributed by atoms with van der Waals surface area (Å²) in [5.41, 5.74) is 1.19. The molecule has 0 aliphatic carbocycles. The number of fused-ring (bicyclic) bond motifs is 1. The van der Waals surface area contributed by atoms with Gasteiger partial charge in [0, 0.05) is 17.5 Å². The molecule has 0 N–H and O–H groups in total. The minimum Gasteiger partial charge on any atom is -0.493 e. The van der Waals surface area contributed by atoms with Gasteiger partial charge in [0.15, 0.2) is 5.69 Å². The highest BCUT2D eigenvalue weighted by Gasteiger charge is 2.15. The van der Waals surface area contributed by atoms with Gasteiger partial charge in [-0.25, -0.2) is 14.2 Å². The van der Waals surface area contributed by atoms with E-state index in [4.69, 9.17) is 4.74 Å². The summed E-state index contributed by atoms with van der Waals surface area (Å²) in [5, 5.41) is 0.705. The number of halogens is 1. The van der Waals surface area contributed by atoms with E-state index in [0.29, 0.717) is 28.8 Å². The molecule has 0 aliphatic heterocycles. The lowest BCUT2D eigenvalue weighted by Gasteiger charge is -2.11. The second kappa shape index (κ2) is 5.22. The van der Waals surface area contributed by atoms with E-state index in [9.17, 15) is 9.18 Å². The molecule has 0 saturated heterocycles. The molecule has 2 aromatic rings. The van der Waals surface area contributed by atoms with Crippen molar-refractivity contribution in [3.8, 4) is 5.75 Å². The maximum atomic E-state index is 13.4. The number of hydrogen-bond donors (Lipinski definition) is 0. The van der Waals surface area contributed by atoms with Gasteiger partial charge in [-0.3, -0.25) is 0 Å². The molecule has 0 bridgehead atoms. The molecule has 1 aromatic heterocycles. The standard InChI is InChI=1S/C14H14FNO3/c1-4-19-12-7-11(14(17)18-3)16-10-6-9(15)5-8(2)13(10)12/h5-7H,4H2,1-3H3. The molecule has 0 unspecified atom stereocenters. The first-order valence-corrected chi connectivity index (χ1v) is 5.88. The van der Waals surface area contributed by atoms with Crippen LogP contribution in [0.25, 0.3) is 10.9 Å². The number of ether oxygens (including phenoxy) is 2. The number of carbonyl (C=O) groups excluding carboxylic acids is 1. The molecule has 0 atom stereocenters. The third kappa shape index (κ3) is 2.50. The second-order valence-corrected chi connectivity index (χ2v) is 4.05. The molecule has 1 aromatic carbocycles. The Morgan fingerprint density at radius 1 is 1.37 bits per heavy atom. The van der Waals surface area contributed by atoms with Gasteiger partial charge in [-0.15, -0.1) is 0 Å². The summed E-state index contributed by atoms with van der Waals surface area (Å²) in [4.78, 5) is 15.7. The van der Waals surface area contributed by atoms with Crippen molar-refractivity contribution >= 4 is 16.9 Å². The fourth-order valence-electron chi connectivity index (χ4n) is 1.97. The van der Waals surface area contributed by atoms with Crippen molar-refractivity contribution < 1.29 is 18.7 Å². The predicted molar refractivity (Wildman–Crippen MR) is 68.9 cm³/mol. The van der Waals surface area contributed by atoms with Crippen LogP contribution in [0.4, 0.5) is 4.39 Å². The van der Waals surface area contributed by atoms with Gasteiger partial charge in [0.2, 0.25) is 0 Å². The number of aryl methyl sites for hydroxylation is 1. The summed E-state index contributed by atoms with van der Waals surface area (Å²) >= 11 is 0. The molecular weight excluding hydrogens is 249 g/mol. The second-order valence-electron chi connectivity index (χ2n) is 4.05. The van der Waals surface area contributed by atoms with E-state index in [1.165, 1.54) is 25.3 Å². The predicted octanol–water partition coefficient (Wildman–Crippen LogP) is 2.87. The Morgan fingerprint density at radius 3 is 2.74 bits per heavy atom. The monoisotopic (exact) mass is 263 g/mol. The largest absolute Gasteiger partial charge is 0.493 e. The molecule has 5 heteroatoms. The minimum absolute atomic E-state index is 0.100. The van der Waals surface area contributed by atoms with Crippen LogP contribution in [0.1, 0.15) is 23.0 Å². The Hall–Kier alpha value is -2.17. The van der Waals surface area contributed by atoms with Gasteiger partial charge in [-0.1, -0.05) is 0 Å². The number of pyridine rings is 1. The number of carbonyl (C=O) groups is 1. The summed E-state index contributed by atoms with van der Waals surface area (Å²) in [6.45, 7) is 4.05. The molecule has 4 nitrogen and oxygen atoms in total. The van der Waals surface area contributed by atoms with Crippen molar-refractivity contribution in [1.29, 1.82) is 0 Å². The average molecular weight is 263 g/mol. The van der Waals surface area contributed by atoms with Gasteiger partial charge in [-0.2, -0.15) is 0 Å². The molecule has 0 fully saturated rings. The first-order valence-electron chi connectivity index (χ1n) is 5.88. The van der Waals surface area contributed by atoms with Gasteiger partial charge in [0.25, 0.3) is 0 Å². The zero-order valence-corrected chi connectivity index (χ0v) is 11.0. The maximum Gasteiger partial charge on any atom is 0.356 e. The highest BCUT2D eigenvalue weighted by Crippen LogP contribution is 2.29. The summed E-state index contributed by atoms with van der Waals surface area (Å²) in [6.07, 6.45) is 0. The number of aromatic nitrogens is 1. The van der Waals surface area contributed by atoms with Crippen LogP contribution in [0.5, 0.6) is 5.75 Å². The molecule has 0 amide bonds. The molecule has 0 spiro atoms. The number of esters is 1. The lowest BCUT2D eigenvalue weighted by molar-refractivity contribution is 0.0594. The van der Waals surface area contributed by atoms with Crippen LogP contribution in [0.15, 0.2) is 18.2 Å². The van der Waals surface area contributed by atoms with Crippen LogP contribution >= 0.6 is 0 Å². The average Bonchev–Trinajstić information content (AvgIpc) is 2.36. The van der Waals surface area contributed by atoms with Crippen LogP contribution in [0.3, 0.4) is 0 Å². The SMILES string of the molecule is CCOc1cc(C(=O)OC)nc2cc(F)cc(C)c12. The third-order valence-corrected chi connectivity index (χ3v) is 2.73. The molecule has 0 saturated carbocycles. The van der Waals surface area contributed by atoms with Gasteiger partial charge in [-0.05, 0) is 25.5 Å². The molecule has 2 rings (SSSR count). The third-order valence-electron chi connectivity index (χ3n) is 2.73. The lowest BCUT2D eigenvalue weighted by Crippen LogP contribution is -2.06. The van der Waals surface area contributed by atoms with Gasteiger partial charge >= 0.3 is 5.97 Å². The number of rotatable bonds is 3. The highest BCUT2D eigenvalue weighted by molar-refractivity contribution is 5.95. The lowest BCUT2D eigenvalue weighted by atomic mass is 10.1. The first kappa shape index (κ1) is 13.3. The fourth-order valence-corrected chi connectivity index (χ4v) is 1.97. The molecular formula is C14H14FNO3. The number of benzene rings is 1. The van der Waals surface area contributed by atoms with E-state index >= 15 is 0 Å². The summed E-state index contributed by atoms with van der Waals surface area (Å²) in [7, 11) is 1.27. The van der Waals surface area contributed by atoms with Crippen molar-refractivity contribution in [2.75, 3.05) is 13.7 Å². The molecule has 0 aliphatic rings. The molecule has 1 heterocycles. The van der Waals surface area contributed by atoms with Gasteiger partial charge < -0.3 is 9.47 Å². The molecule has 19 heavy (non-hydrogen) atoms. The fraction of sp³-hybridized carbons (Fsp3) is 0.286.